The van der Waals surface area contributed by atoms with Crippen molar-refractivity contribution in [3.05, 3.63) is 35.7 Å². The van der Waals surface area contributed by atoms with E-state index in [1.807, 2.05) is 53.1 Å². The number of amides is 1. The summed E-state index contributed by atoms with van der Waals surface area (Å²) in [5.41, 5.74) is 1.99. The quantitative estimate of drug-likeness (QED) is 0.497. The highest BCUT2D eigenvalue weighted by Crippen LogP contribution is 2.40. The number of hydrogen-bond acceptors (Lipinski definition) is 7. The first kappa shape index (κ1) is 22.3. The largest absolute Gasteiger partial charge is 0.377 e. The van der Waals surface area contributed by atoms with Gasteiger partial charge in [0.2, 0.25) is 5.91 Å². The number of rotatable bonds is 6. The molecule has 1 aromatic carbocycles. The van der Waals surface area contributed by atoms with Gasteiger partial charge in [0, 0.05) is 66.3 Å². The zero-order chi connectivity index (χ0) is 22.7. The van der Waals surface area contributed by atoms with Gasteiger partial charge in [0.05, 0.1) is 17.5 Å². The van der Waals surface area contributed by atoms with E-state index in [1.165, 1.54) is 0 Å². The number of Topliss-reactive ketones (excluding diaryl/α,β-unsaturated/α-hetero) is 1. The van der Waals surface area contributed by atoms with E-state index in [0.717, 1.165) is 50.5 Å². The molecule has 0 N–H and O–H groups in total. The van der Waals surface area contributed by atoms with Gasteiger partial charge in [-0.2, -0.15) is 5.26 Å². The molecule has 32 heavy (non-hydrogen) atoms. The van der Waals surface area contributed by atoms with Crippen molar-refractivity contribution in [2.75, 3.05) is 63.2 Å². The second-order valence-corrected chi connectivity index (χ2v) is 8.66. The molecule has 0 aliphatic carbocycles. The third kappa shape index (κ3) is 4.50. The Kier molecular flexibility index (Phi) is 6.77. The van der Waals surface area contributed by atoms with Crippen molar-refractivity contribution in [2.45, 2.75) is 31.8 Å². The predicted molar refractivity (Wildman–Crippen MR) is 122 cm³/mol. The van der Waals surface area contributed by atoms with Gasteiger partial charge in [-0.15, -0.1) is 0 Å². The number of ketones is 1. The van der Waals surface area contributed by atoms with E-state index < -0.39 is 0 Å². The molecule has 3 aliphatic rings. The third-order valence-electron chi connectivity index (χ3n) is 6.63. The standard InChI is InChI=1S/C24H31N5O3/c1-26-20-7-3-4-8-21(20)27(2)24(26)19(16-25)22(30)9-10-23(31)29-13-11-28(12-14-29)17-18-6-5-15-32-18/h3-4,7-8,18H,5-6,9-15,17H2,1-2H3. The molecule has 1 aromatic rings. The minimum atomic E-state index is -0.292. The molecule has 3 heterocycles. The summed E-state index contributed by atoms with van der Waals surface area (Å²) >= 11 is 0. The second-order valence-electron chi connectivity index (χ2n) is 8.66. The van der Waals surface area contributed by atoms with E-state index in [1.54, 1.807) is 0 Å². The Morgan fingerprint density at radius 1 is 1.06 bits per heavy atom. The smallest absolute Gasteiger partial charge is 0.223 e. The fourth-order valence-corrected chi connectivity index (χ4v) is 4.82. The van der Waals surface area contributed by atoms with E-state index in [0.29, 0.717) is 25.0 Å². The first-order valence-electron chi connectivity index (χ1n) is 11.4. The van der Waals surface area contributed by atoms with Gasteiger partial charge in [0.1, 0.15) is 17.5 Å². The first-order chi connectivity index (χ1) is 15.5. The average Bonchev–Trinajstić information content (AvgIpc) is 3.41. The van der Waals surface area contributed by atoms with Crippen LogP contribution in [-0.2, 0) is 14.3 Å². The van der Waals surface area contributed by atoms with Crippen LogP contribution >= 0.6 is 0 Å². The van der Waals surface area contributed by atoms with Crippen molar-refractivity contribution in [2.24, 2.45) is 0 Å². The minimum Gasteiger partial charge on any atom is -0.377 e. The molecule has 1 atom stereocenters. The molecule has 0 radical (unpaired) electrons. The molecular weight excluding hydrogens is 406 g/mol. The second kappa shape index (κ2) is 9.72. The molecule has 1 unspecified atom stereocenters. The van der Waals surface area contributed by atoms with Crippen LogP contribution in [0.25, 0.3) is 0 Å². The first-order valence-corrected chi connectivity index (χ1v) is 11.4. The minimum absolute atomic E-state index is 0.0196. The number of carbonyl (C=O) groups excluding carboxylic acids is 2. The van der Waals surface area contributed by atoms with Gasteiger partial charge >= 0.3 is 0 Å². The third-order valence-corrected chi connectivity index (χ3v) is 6.63. The number of fused-ring (bicyclic) bond motifs is 1. The van der Waals surface area contributed by atoms with Gasteiger partial charge in [-0.25, -0.2) is 0 Å². The summed E-state index contributed by atoms with van der Waals surface area (Å²) in [6.45, 7) is 4.81. The van der Waals surface area contributed by atoms with Crippen LogP contribution < -0.4 is 9.80 Å². The number of allylic oxidation sites excluding steroid dienone is 1. The highest BCUT2D eigenvalue weighted by molar-refractivity contribution is 6.03. The molecule has 170 valence electrons. The van der Waals surface area contributed by atoms with Crippen LogP contribution in [0, 0.1) is 11.3 Å². The Balaban J connectivity index is 1.32. The van der Waals surface area contributed by atoms with Crippen LogP contribution in [0.3, 0.4) is 0 Å². The number of anilines is 2. The highest BCUT2D eigenvalue weighted by atomic mass is 16.5. The van der Waals surface area contributed by atoms with Crippen molar-refractivity contribution in [1.82, 2.24) is 9.80 Å². The molecule has 0 saturated carbocycles. The lowest BCUT2D eigenvalue weighted by atomic mass is 10.1. The fourth-order valence-electron chi connectivity index (χ4n) is 4.82. The maximum absolute atomic E-state index is 12.9. The lowest BCUT2D eigenvalue weighted by Crippen LogP contribution is -2.50. The number of para-hydroxylation sites is 2. The Hall–Kier alpha value is -2.89. The normalized spacial score (nSPS) is 21.0. The molecular formula is C24H31N5O3. The van der Waals surface area contributed by atoms with E-state index in [9.17, 15) is 14.9 Å². The zero-order valence-corrected chi connectivity index (χ0v) is 18.9. The van der Waals surface area contributed by atoms with E-state index in [4.69, 9.17) is 4.74 Å². The molecule has 0 bridgehead atoms. The number of ether oxygens (including phenoxy) is 1. The van der Waals surface area contributed by atoms with E-state index in [-0.39, 0.29) is 30.1 Å². The van der Waals surface area contributed by atoms with E-state index in [2.05, 4.69) is 11.0 Å². The van der Waals surface area contributed by atoms with Crippen molar-refractivity contribution < 1.29 is 14.3 Å². The summed E-state index contributed by atoms with van der Waals surface area (Å²) in [6, 6.07) is 9.86. The van der Waals surface area contributed by atoms with Gasteiger partial charge in [-0.3, -0.25) is 14.5 Å². The summed E-state index contributed by atoms with van der Waals surface area (Å²) < 4.78 is 5.71. The summed E-state index contributed by atoms with van der Waals surface area (Å²) in [5.74, 6) is 0.252. The maximum atomic E-state index is 12.9. The molecule has 8 nitrogen and oxygen atoms in total. The summed E-state index contributed by atoms with van der Waals surface area (Å²) in [7, 11) is 3.70. The van der Waals surface area contributed by atoms with Crippen molar-refractivity contribution >= 4 is 23.1 Å². The van der Waals surface area contributed by atoms with Crippen LogP contribution in [-0.4, -0.2) is 81.0 Å². The summed E-state index contributed by atoms with van der Waals surface area (Å²) in [4.78, 5) is 33.5. The Morgan fingerprint density at radius 2 is 1.72 bits per heavy atom. The van der Waals surface area contributed by atoms with Crippen LogP contribution in [0.4, 0.5) is 11.4 Å². The number of benzene rings is 1. The SMILES string of the molecule is CN1C(=C(C#N)C(=O)CCC(=O)N2CCN(CC3CCCO3)CC2)N(C)c2ccccc21. The Labute approximate surface area is 189 Å². The number of hydrogen-bond donors (Lipinski definition) is 0. The summed E-state index contributed by atoms with van der Waals surface area (Å²) in [6.07, 6.45) is 2.75. The highest BCUT2D eigenvalue weighted by Gasteiger charge is 2.32. The van der Waals surface area contributed by atoms with Crippen molar-refractivity contribution in [3.8, 4) is 6.07 Å². The fraction of sp³-hybridized carbons (Fsp3) is 0.542. The molecule has 3 aliphatic heterocycles. The lowest BCUT2D eigenvalue weighted by Gasteiger charge is -2.35. The molecule has 0 spiro atoms. The molecule has 0 aromatic heterocycles. The van der Waals surface area contributed by atoms with Crippen LogP contribution in [0.1, 0.15) is 25.7 Å². The van der Waals surface area contributed by atoms with Crippen LogP contribution in [0.2, 0.25) is 0 Å². The number of nitrogens with zero attached hydrogens (tertiary/aromatic N) is 5. The number of piperazine rings is 1. The van der Waals surface area contributed by atoms with Crippen molar-refractivity contribution in [1.29, 1.82) is 5.26 Å². The average molecular weight is 438 g/mol. The van der Waals surface area contributed by atoms with Crippen LogP contribution in [0.15, 0.2) is 35.7 Å². The monoisotopic (exact) mass is 437 g/mol. The van der Waals surface area contributed by atoms with Gasteiger partial charge < -0.3 is 19.4 Å². The van der Waals surface area contributed by atoms with Gasteiger partial charge in [0.15, 0.2) is 5.78 Å². The Morgan fingerprint density at radius 3 is 2.28 bits per heavy atom. The summed E-state index contributed by atoms with van der Waals surface area (Å²) in [5, 5.41) is 9.74. The topological polar surface area (TPSA) is 80.1 Å². The van der Waals surface area contributed by atoms with Gasteiger partial charge in [-0.1, -0.05) is 12.1 Å². The van der Waals surface area contributed by atoms with Crippen LogP contribution in [0.5, 0.6) is 0 Å². The molecule has 4 rings (SSSR count). The molecule has 8 heteroatoms. The molecule has 2 fully saturated rings. The van der Waals surface area contributed by atoms with Gasteiger partial charge in [0.25, 0.3) is 0 Å². The zero-order valence-electron chi connectivity index (χ0n) is 18.9. The number of carbonyl (C=O) groups is 2. The predicted octanol–water partition coefficient (Wildman–Crippen LogP) is 1.98. The van der Waals surface area contributed by atoms with E-state index >= 15 is 0 Å². The van der Waals surface area contributed by atoms with Gasteiger partial charge in [-0.05, 0) is 25.0 Å². The Bertz CT molecular complexity index is 908. The van der Waals surface area contributed by atoms with Crippen molar-refractivity contribution in [3.63, 3.8) is 0 Å². The lowest BCUT2D eigenvalue weighted by molar-refractivity contribution is -0.134. The molecule has 1 amide bonds. The number of nitriles is 1. The molecule has 2 saturated heterocycles. The maximum Gasteiger partial charge on any atom is 0.223 e.